The summed E-state index contributed by atoms with van der Waals surface area (Å²) in [5.74, 6) is -0.835. The number of aliphatic carboxylic acids is 1. The van der Waals surface area contributed by atoms with E-state index in [9.17, 15) is 9.59 Å². The molecule has 3 N–H and O–H groups in total. The molecule has 1 heterocycles. The molecule has 0 spiro atoms. The Morgan fingerprint density at radius 1 is 1.33 bits per heavy atom. The van der Waals surface area contributed by atoms with Gasteiger partial charge in [-0.25, -0.2) is 4.79 Å². The second-order valence-corrected chi connectivity index (χ2v) is 4.63. The lowest BCUT2D eigenvalue weighted by molar-refractivity contribution is -0.146. The lowest BCUT2D eigenvalue weighted by Crippen LogP contribution is -2.29. The SMILES string of the molecule is CCN(CC)Cc1ccc(C(=O)NCC[C@H](O)C(=O)O)o1. The first-order valence-corrected chi connectivity index (χ1v) is 6.98. The van der Waals surface area contributed by atoms with Crippen LogP contribution in [-0.4, -0.2) is 52.7 Å². The average molecular weight is 298 g/mol. The molecular weight excluding hydrogens is 276 g/mol. The molecule has 0 fully saturated rings. The van der Waals surface area contributed by atoms with Crippen molar-refractivity contribution in [3.63, 3.8) is 0 Å². The van der Waals surface area contributed by atoms with Crippen LogP contribution in [0.15, 0.2) is 16.5 Å². The Balaban J connectivity index is 2.45. The van der Waals surface area contributed by atoms with Crippen LogP contribution >= 0.6 is 0 Å². The van der Waals surface area contributed by atoms with Gasteiger partial charge >= 0.3 is 5.97 Å². The fourth-order valence-electron chi connectivity index (χ4n) is 1.79. The number of nitrogens with zero attached hydrogens (tertiary/aromatic N) is 1. The highest BCUT2D eigenvalue weighted by atomic mass is 16.4. The fraction of sp³-hybridized carbons (Fsp3) is 0.571. The summed E-state index contributed by atoms with van der Waals surface area (Å²) in [6.45, 7) is 6.59. The summed E-state index contributed by atoms with van der Waals surface area (Å²) in [6, 6.07) is 3.33. The van der Waals surface area contributed by atoms with E-state index >= 15 is 0 Å². The fourth-order valence-corrected chi connectivity index (χ4v) is 1.79. The molecule has 1 rings (SSSR count). The Hall–Kier alpha value is -1.86. The third-order valence-corrected chi connectivity index (χ3v) is 3.15. The van der Waals surface area contributed by atoms with E-state index < -0.39 is 18.0 Å². The van der Waals surface area contributed by atoms with E-state index in [1.807, 2.05) is 13.8 Å². The van der Waals surface area contributed by atoms with Crippen LogP contribution in [0.3, 0.4) is 0 Å². The van der Waals surface area contributed by atoms with E-state index in [0.29, 0.717) is 12.3 Å². The number of hydrogen-bond donors (Lipinski definition) is 3. The van der Waals surface area contributed by atoms with Gasteiger partial charge in [0.15, 0.2) is 11.9 Å². The third kappa shape index (κ3) is 5.57. The smallest absolute Gasteiger partial charge is 0.332 e. The molecule has 0 aliphatic carbocycles. The number of carbonyl (C=O) groups is 2. The molecule has 21 heavy (non-hydrogen) atoms. The molecule has 7 heteroatoms. The van der Waals surface area contributed by atoms with Crippen LogP contribution in [0.1, 0.15) is 36.6 Å². The highest BCUT2D eigenvalue weighted by Crippen LogP contribution is 2.10. The maximum atomic E-state index is 11.8. The van der Waals surface area contributed by atoms with E-state index in [1.165, 1.54) is 0 Å². The van der Waals surface area contributed by atoms with Crippen LogP contribution < -0.4 is 5.32 Å². The maximum Gasteiger partial charge on any atom is 0.332 e. The van der Waals surface area contributed by atoms with Gasteiger partial charge in [0, 0.05) is 13.0 Å². The largest absolute Gasteiger partial charge is 0.479 e. The van der Waals surface area contributed by atoms with E-state index in [0.717, 1.165) is 13.1 Å². The van der Waals surface area contributed by atoms with Crippen LogP contribution in [-0.2, 0) is 11.3 Å². The third-order valence-electron chi connectivity index (χ3n) is 3.15. The van der Waals surface area contributed by atoms with Gasteiger partial charge < -0.3 is 19.9 Å². The second-order valence-electron chi connectivity index (χ2n) is 4.63. The van der Waals surface area contributed by atoms with Gasteiger partial charge in [0.2, 0.25) is 0 Å². The van der Waals surface area contributed by atoms with Crippen LogP contribution in [0.4, 0.5) is 0 Å². The molecule has 0 aliphatic rings. The molecule has 0 saturated heterocycles. The van der Waals surface area contributed by atoms with Crippen molar-refractivity contribution < 1.29 is 24.2 Å². The van der Waals surface area contributed by atoms with Crippen molar-refractivity contribution in [3.8, 4) is 0 Å². The molecular formula is C14H22N2O5. The summed E-state index contributed by atoms with van der Waals surface area (Å²) in [5.41, 5.74) is 0. The second kappa shape index (κ2) is 8.43. The van der Waals surface area contributed by atoms with Crippen molar-refractivity contribution >= 4 is 11.9 Å². The molecule has 1 aromatic rings. The van der Waals surface area contributed by atoms with E-state index in [2.05, 4.69) is 10.2 Å². The first kappa shape index (κ1) is 17.2. The van der Waals surface area contributed by atoms with Gasteiger partial charge in [-0.1, -0.05) is 13.8 Å². The minimum Gasteiger partial charge on any atom is -0.479 e. The van der Waals surface area contributed by atoms with Gasteiger partial charge in [0.25, 0.3) is 5.91 Å². The van der Waals surface area contributed by atoms with E-state index in [-0.39, 0.29) is 18.7 Å². The van der Waals surface area contributed by atoms with Crippen molar-refractivity contribution in [1.29, 1.82) is 0 Å². The van der Waals surface area contributed by atoms with Crippen molar-refractivity contribution in [1.82, 2.24) is 10.2 Å². The number of aliphatic hydroxyl groups excluding tert-OH is 1. The minimum absolute atomic E-state index is 0.0475. The van der Waals surface area contributed by atoms with Crippen LogP contribution in [0, 0.1) is 0 Å². The molecule has 1 amide bonds. The molecule has 1 aromatic heterocycles. The molecule has 7 nitrogen and oxygen atoms in total. The zero-order valence-corrected chi connectivity index (χ0v) is 12.3. The minimum atomic E-state index is -1.47. The van der Waals surface area contributed by atoms with Gasteiger partial charge in [-0.2, -0.15) is 0 Å². The standard InChI is InChI=1S/C14H22N2O5/c1-3-16(4-2)9-10-5-6-12(21-10)13(18)15-8-7-11(17)14(19)20/h5-6,11,17H,3-4,7-9H2,1-2H3,(H,15,18)(H,19,20)/t11-/m0/s1. The normalized spacial score (nSPS) is 12.4. The van der Waals surface area contributed by atoms with Crippen molar-refractivity contribution in [2.24, 2.45) is 0 Å². The van der Waals surface area contributed by atoms with Crippen LogP contribution in [0.5, 0.6) is 0 Å². The number of amides is 1. The number of nitrogens with one attached hydrogen (secondary N) is 1. The lowest BCUT2D eigenvalue weighted by Gasteiger charge is -2.15. The quantitative estimate of drug-likeness (QED) is 0.619. The van der Waals surface area contributed by atoms with Gasteiger partial charge in [-0.05, 0) is 25.2 Å². The highest BCUT2D eigenvalue weighted by Gasteiger charge is 2.15. The van der Waals surface area contributed by atoms with Gasteiger partial charge in [0.1, 0.15) is 5.76 Å². The molecule has 0 saturated carbocycles. The summed E-state index contributed by atoms with van der Waals surface area (Å²) in [6.07, 6.45) is -1.52. The van der Waals surface area contributed by atoms with Gasteiger partial charge in [-0.15, -0.1) is 0 Å². The number of aliphatic hydroxyl groups is 1. The summed E-state index contributed by atoms with van der Waals surface area (Å²) in [4.78, 5) is 24.4. The Morgan fingerprint density at radius 2 is 2.00 bits per heavy atom. The summed E-state index contributed by atoms with van der Waals surface area (Å²) in [5, 5.41) is 20.1. The Morgan fingerprint density at radius 3 is 2.57 bits per heavy atom. The molecule has 1 atom stereocenters. The topological polar surface area (TPSA) is 103 Å². The first-order chi connectivity index (χ1) is 9.97. The number of rotatable bonds is 9. The predicted octanol–water partition coefficient (Wildman–Crippen LogP) is 0.687. The first-order valence-electron chi connectivity index (χ1n) is 6.98. The summed E-state index contributed by atoms with van der Waals surface area (Å²) >= 11 is 0. The van der Waals surface area contributed by atoms with Crippen LogP contribution in [0.25, 0.3) is 0 Å². The maximum absolute atomic E-state index is 11.8. The highest BCUT2D eigenvalue weighted by molar-refractivity contribution is 5.91. The van der Waals surface area contributed by atoms with Gasteiger partial charge in [0.05, 0.1) is 6.54 Å². The number of carboxylic acid groups (broad SMARTS) is 1. The zero-order valence-electron chi connectivity index (χ0n) is 12.3. The summed E-state index contributed by atoms with van der Waals surface area (Å²) in [7, 11) is 0. The van der Waals surface area contributed by atoms with Crippen molar-refractivity contribution in [2.45, 2.75) is 32.9 Å². The van der Waals surface area contributed by atoms with E-state index in [1.54, 1.807) is 12.1 Å². The van der Waals surface area contributed by atoms with Gasteiger partial charge in [-0.3, -0.25) is 9.69 Å². The van der Waals surface area contributed by atoms with Crippen LogP contribution in [0.2, 0.25) is 0 Å². The molecule has 0 aliphatic heterocycles. The number of carboxylic acids is 1. The monoisotopic (exact) mass is 298 g/mol. The molecule has 0 bridgehead atoms. The Bertz CT molecular complexity index is 468. The average Bonchev–Trinajstić information content (AvgIpc) is 2.92. The lowest BCUT2D eigenvalue weighted by atomic mass is 10.2. The van der Waals surface area contributed by atoms with E-state index in [4.69, 9.17) is 14.6 Å². The van der Waals surface area contributed by atoms with Crippen molar-refractivity contribution in [3.05, 3.63) is 23.7 Å². The summed E-state index contributed by atoms with van der Waals surface area (Å²) < 4.78 is 5.45. The molecule has 0 unspecified atom stereocenters. The Kier molecular flexibility index (Phi) is 6.90. The number of carbonyl (C=O) groups excluding carboxylic acids is 1. The number of furan rings is 1. The molecule has 0 radical (unpaired) electrons. The Labute approximate surface area is 123 Å². The molecule has 118 valence electrons. The zero-order chi connectivity index (χ0) is 15.8. The number of hydrogen-bond acceptors (Lipinski definition) is 5. The van der Waals surface area contributed by atoms with Crippen molar-refractivity contribution in [2.75, 3.05) is 19.6 Å². The molecule has 0 aromatic carbocycles. The predicted molar refractivity (Wildman–Crippen MR) is 75.9 cm³/mol.